The molecule has 2 aromatic carbocycles. The molecule has 0 aliphatic carbocycles. The number of nitrogens with one attached hydrogen (secondary N) is 1. The van der Waals surface area contributed by atoms with E-state index in [2.05, 4.69) is 85.6 Å². The van der Waals surface area contributed by atoms with Gasteiger partial charge in [-0.25, -0.2) is 4.98 Å². The van der Waals surface area contributed by atoms with E-state index in [9.17, 15) is 0 Å². The van der Waals surface area contributed by atoms with Gasteiger partial charge in [0.1, 0.15) is 0 Å². The minimum Gasteiger partial charge on any atom is -0.361 e. The Kier molecular flexibility index (Phi) is 5.88. The van der Waals surface area contributed by atoms with Gasteiger partial charge < -0.3 is 4.98 Å². The van der Waals surface area contributed by atoms with Crippen molar-refractivity contribution in [3.05, 3.63) is 72.9 Å². The highest BCUT2D eigenvalue weighted by Gasteiger charge is 2.15. The third-order valence-electron chi connectivity index (χ3n) is 5.10. The van der Waals surface area contributed by atoms with Crippen molar-refractivity contribution in [2.24, 2.45) is 0 Å². The van der Waals surface area contributed by atoms with Gasteiger partial charge in [-0.3, -0.25) is 0 Å². The normalized spacial score (nSPS) is 11.4. The molecule has 0 amide bonds. The molecule has 2 aromatic heterocycles. The smallest absolute Gasteiger partial charge is 0.0716 e. The average molecular weight is 386 g/mol. The topological polar surface area (TPSA) is 28.7 Å². The average Bonchev–Trinajstić information content (AvgIpc) is 3.27. The van der Waals surface area contributed by atoms with Crippen molar-refractivity contribution in [3.8, 4) is 22.5 Å². The van der Waals surface area contributed by atoms with Crippen LogP contribution in [0.5, 0.6) is 0 Å². The molecular formula is C25H27N2P. The number of aromatic amines is 1. The van der Waals surface area contributed by atoms with E-state index in [0.717, 1.165) is 11.4 Å². The van der Waals surface area contributed by atoms with Crippen molar-refractivity contribution in [3.63, 3.8) is 0 Å². The molecule has 0 radical (unpaired) electrons. The molecule has 0 aliphatic heterocycles. The molecule has 2 heterocycles. The van der Waals surface area contributed by atoms with Crippen LogP contribution >= 0.6 is 7.92 Å². The number of pyridine rings is 1. The van der Waals surface area contributed by atoms with Crippen LogP contribution in [0, 0.1) is 0 Å². The molecule has 3 heteroatoms. The number of hydrogen-bond acceptors (Lipinski definition) is 1. The highest BCUT2D eigenvalue weighted by Crippen LogP contribution is 2.37. The van der Waals surface area contributed by atoms with E-state index in [1.54, 1.807) is 0 Å². The Hall–Kier alpha value is -2.44. The van der Waals surface area contributed by atoms with Crippen molar-refractivity contribution in [2.45, 2.75) is 26.7 Å². The maximum Gasteiger partial charge on any atom is 0.0716 e. The first-order valence-electron chi connectivity index (χ1n) is 10.2. The Morgan fingerprint density at radius 3 is 2.14 bits per heavy atom. The molecule has 0 spiro atoms. The monoisotopic (exact) mass is 386 g/mol. The molecule has 0 atom stereocenters. The molecule has 142 valence electrons. The van der Waals surface area contributed by atoms with Crippen molar-refractivity contribution in [2.75, 3.05) is 12.3 Å². The summed E-state index contributed by atoms with van der Waals surface area (Å²) in [5, 5.41) is 2.51. The Balaban J connectivity index is 1.86. The van der Waals surface area contributed by atoms with Gasteiger partial charge in [-0.05, 0) is 59.5 Å². The van der Waals surface area contributed by atoms with E-state index in [-0.39, 0.29) is 7.92 Å². The van der Waals surface area contributed by atoms with Gasteiger partial charge in [0.2, 0.25) is 0 Å². The summed E-state index contributed by atoms with van der Waals surface area (Å²) in [6, 6.07) is 23.9. The van der Waals surface area contributed by atoms with Crippen LogP contribution in [0.15, 0.2) is 72.9 Å². The lowest BCUT2D eigenvalue weighted by Crippen LogP contribution is -2.11. The second-order valence-corrected chi connectivity index (χ2v) is 9.63. The zero-order valence-electron chi connectivity index (χ0n) is 16.7. The first-order chi connectivity index (χ1) is 13.8. The van der Waals surface area contributed by atoms with E-state index in [1.807, 2.05) is 6.20 Å². The summed E-state index contributed by atoms with van der Waals surface area (Å²) < 4.78 is 0. The molecule has 4 rings (SSSR count). The number of benzene rings is 2. The zero-order chi connectivity index (χ0) is 19.3. The van der Waals surface area contributed by atoms with Gasteiger partial charge >= 0.3 is 0 Å². The van der Waals surface area contributed by atoms with E-state index >= 15 is 0 Å². The summed E-state index contributed by atoms with van der Waals surface area (Å²) in [5.74, 6) is 0. The summed E-state index contributed by atoms with van der Waals surface area (Å²) in [6.07, 6.45) is 6.96. The van der Waals surface area contributed by atoms with Crippen LogP contribution in [0.3, 0.4) is 0 Å². The number of nitrogens with zero attached hydrogens (tertiary/aromatic N) is 1. The van der Waals surface area contributed by atoms with Gasteiger partial charge in [-0.1, -0.05) is 64.9 Å². The molecule has 0 aliphatic rings. The molecule has 28 heavy (non-hydrogen) atoms. The maximum absolute atomic E-state index is 5.17. The second-order valence-electron chi connectivity index (χ2n) is 7.20. The van der Waals surface area contributed by atoms with Crippen molar-refractivity contribution < 1.29 is 0 Å². The van der Waals surface area contributed by atoms with Crippen LogP contribution in [0.1, 0.15) is 26.7 Å². The largest absolute Gasteiger partial charge is 0.361 e. The number of fused-ring (bicyclic) bond motifs is 1. The molecule has 1 N–H and O–H groups in total. The quantitative estimate of drug-likeness (QED) is 0.347. The number of rotatable bonds is 7. The van der Waals surface area contributed by atoms with Crippen molar-refractivity contribution in [1.82, 2.24) is 9.97 Å². The first kappa shape index (κ1) is 18.9. The minimum atomic E-state index is -0.171. The van der Waals surface area contributed by atoms with Gasteiger partial charge in [-0.15, -0.1) is 0 Å². The highest BCUT2D eigenvalue weighted by molar-refractivity contribution is 7.65. The highest BCUT2D eigenvalue weighted by atomic mass is 31.1. The Labute approximate surface area is 168 Å². The van der Waals surface area contributed by atoms with E-state index in [0.29, 0.717) is 0 Å². The summed E-state index contributed by atoms with van der Waals surface area (Å²) in [6.45, 7) is 4.56. The van der Waals surface area contributed by atoms with Gasteiger partial charge in [0, 0.05) is 23.0 Å². The van der Waals surface area contributed by atoms with Crippen molar-refractivity contribution >= 4 is 24.1 Å². The fourth-order valence-electron chi connectivity index (χ4n) is 3.80. The minimum absolute atomic E-state index is 0.171. The zero-order valence-corrected chi connectivity index (χ0v) is 17.5. The molecule has 0 saturated carbocycles. The Morgan fingerprint density at radius 2 is 1.50 bits per heavy atom. The standard InChI is InChI=1S/C25H27N2P/c1-3-15-28(16-4-2)25-13-7-11-24(27-25)22-18-20-10-6-5-9-19(20)17-21(22)23-12-8-14-26-23/h5-14,17-18,26H,3-4,15-16H2,1-2H3. The molecule has 0 fully saturated rings. The lowest BCUT2D eigenvalue weighted by molar-refractivity contribution is 1.06. The van der Waals surface area contributed by atoms with Crippen LogP contribution in [-0.4, -0.2) is 22.3 Å². The predicted molar refractivity (Wildman–Crippen MR) is 124 cm³/mol. The van der Waals surface area contributed by atoms with Gasteiger partial charge in [0.05, 0.1) is 11.1 Å². The maximum atomic E-state index is 5.17. The fourth-order valence-corrected chi connectivity index (χ4v) is 6.11. The van der Waals surface area contributed by atoms with Gasteiger partial charge in [-0.2, -0.15) is 0 Å². The molecule has 0 unspecified atom stereocenters. The third kappa shape index (κ3) is 3.88. The summed E-state index contributed by atoms with van der Waals surface area (Å²) in [5.41, 5.74) is 5.92. The van der Waals surface area contributed by atoms with Crippen molar-refractivity contribution in [1.29, 1.82) is 0 Å². The fraction of sp³-hybridized carbons (Fsp3) is 0.240. The van der Waals surface area contributed by atoms with Crippen LogP contribution in [-0.2, 0) is 0 Å². The third-order valence-corrected chi connectivity index (χ3v) is 7.97. The summed E-state index contributed by atoms with van der Waals surface area (Å²) in [7, 11) is -0.171. The molecular weight excluding hydrogens is 359 g/mol. The first-order valence-corrected chi connectivity index (χ1v) is 11.9. The van der Waals surface area contributed by atoms with Gasteiger partial charge in [0.25, 0.3) is 0 Å². The van der Waals surface area contributed by atoms with E-state index in [4.69, 9.17) is 4.98 Å². The molecule has 4 aromatic rings. The molecule has 0 bridgehead atoms. The SMILES string of the molecule is CCCP(CCC)c1cccc(-c2cc3ccccc3cc2-c2ccc[nH]2)n1. The van der Waals surface area contributed by atoms with Crippen LogP contribution < -0.4 is 5.44 Å². The van der Waals surface area contributed by atoms with E-state index < -0.39 is 0 Å². The number of H-pyrrole nitrogens is 1. The van der Waals surface area contributed by atoms with E-state index in [1.165, 1.54) is 52.5 Å². The van der Waals surface area contributed by atoms with Crippen LogP contribution in [0.2, 0.25) is 0 Å². The van der Waals surface area contributed by atoms with Gasteiger partial charge in [0.15, 0.2) is 0 Å². The molecule has 0 saturated heterocycles. The lowest BCUT2D eigenvalue weighted by Gasteiger charge is -2.17. The predicted octanol–water partition coefficient (Wildman–Crippen LogP) is 6.82. The Bertz CT molecular complexity index is 1050. The summed E-state index contributed by atoms with van der Waals surface area (Å²) >= 11 is 0. The molecule has 2 nitrogen and oxygen atoms in total. The van der Waals surface area contributed by atoms with Crippen LogP contribution in [0.25, 0.3) is 33.3 Å². The van der Waals surface area contributed by atoms with Crippen LogP contribution in [0.4, 0.5) is 0 Å². The number of aromatic nitrogens is 2. The number of hydrogen-bond donors (Lipinski definition) is 1. The summed E-state index contributed by atoms with van der Waals surface area (Å²) in [4.78, 5) is 8.56. The Morgan fingerprint density at radius 1 is 0.786 bits per heavy atom. The second kappa shape index (κ2) is 8.71. The lowest BCUT2D eigenvalue weighted by atomic mass is 9.96.